The first-order valence-corrected chi connectivity index (χ1v) is 6.48. The van der Waals surface area contributed by atoms with Gasteiger partial charge in [0.15, 0.2) is 17.6 Å². The van der Waals surface area contributed by atoms with E-state index in [2.05, 4.69) is 0 Å². The van der Waals surface area contributed by atoms with Crippen molar-refractivity contribution < 1.29 is 44.9 Å². The smallest absolute Gasteiger partial charge is 0.339 e. The molecule has 0 unspecified atom stereocenters. The summed E-state index contributed by atoms with van der Waals surface area (Å²) >= 11 is 0. The summed E-state index contributed by atoms with van der Waals surface area (Å²) in [6.45, 7) is -0.616. The molecular formula is C13H14O9. The van der Waals surface area contributed by atoms with Crippen molar-refractivity contribution >= 4 is 5.97 Å². The Morgan fingerprint density at radius 1 is 1.09 bits per heavy atom. The van der Waals surface area contributed by atoms with Crippen molar-refractivity contribution in [1.29, 1.82) is 0 Å². The first kappa shape index (κ1) is 14.9. The summed E-state index contributed by atoms with van der Waals surface area (Å²) in [5.41, 5.74) is -0.421. The van der Waals surface area contributed by atoms with Crippen molar-refractivity contribution in [3.8, 4) is 17.2 Å². The number of rotatable bonds is 1. The van der Waals surface area contributed by atoms with Crippen LogP contribution in [-0.4, -0.2) is 67.6 Å². The zero-order valence-corrected chi connectivity index (χ0v) is 11.1. The number of carbonyl (C=O) groups excluding carboxylic acids is 1. The third-order valence-electron chi connectivity index (χ3n) is 3.91. The molecule has 120 valence electrons. The molecule has 1 aromatic carbocycles. The van der Waals surface area contributed by atoms with E-state index in [1.54, 1.807) is 0 Å². The molecular weight excluding hydrogens is 300 g/mol. The van der Waals surface area contributed by atoms with Crippen molar-refractivity contribution in [1.82, 2.24) is 0 Å². The Bertz CT molecular complexity index is 628. The summed E-state index contributed by atoms with van der Waals surface area (Å²) in [4.78, 5) is 11.9. The molecule has 0 bridgehead atoms. The van der Waals surface area contributed by atoms with Gasteiger partial charge in [-0.2, -0.15) is 0 Å². The number of hydrogen-bond acceptors (Lipinski definition) is 9. The molecule has 1 fully saturated rings. The van der Waals surface area contributed by atoms with Crippen LogP contribution in [0.25, 0.3) is 0 Å². The molecule has 3 rings (SSSR count). The van der Waals surface area contributed by atoms with Crippen LogP contribution < -0.4 is 0 Å². The van der Waals surface area contributed by atoms with Gasteiger partial charge in [-0.25, -0.2) is 4.79 Å². The van der Waals surface area contributed by atoms with E-state index in [1.165, 1.54) is 0 Å². The maximum Gasteiger partial charge on any atom is 0.339 e. The second-order valence-electron chi connectivity index (χ2n) is 5.18. The maximum absolute atomic E-state index is 11.9. The number of hydrogen-bond donors (Lipinski definition) is 6. The Balaban J connectivity index is 2.15. The number of carbonyl (C=O) groups is 1. The van der Waals surface area contributed by atoms with Crippen LogP contribution in [0.5, 0.6) is 17.2 Å². The van der Waals surface area contributed by atoms with E-state index in [4.69, 9.17) is 9.47 Å². The third kappa shape index (κ3) is 1.91. The van der Waals surface area contributed by atoms with Crippen LogP contribution in [0.15, 0.2) is 6.07 Å². The highest BCUT2D eigenvalue weighted by molar-refractivity contribution is 5.95. The predicted molar refractivity (Wildman–Crippen MR) is 67.4 cm³/mol. The molecule has 6 N–H and O–H groups in total. The number of phenols is 3. The standard InChI is InChI=1S/C13H14O9/c14-2-5-8(17)10(19)12-11(21-5)6-3(13(20)22-12)1-4(15)7(16)9(6)18/h1,5,8,10-12,14-19H,2H2/t5-,8-,10+,11-,12+/m1/s1. The van der Waals surface area contributed by atoms with Gasteiger partial charge < -0.3 is 40.1 Å². The number of benzene rings is 1. The number of phenolic OH excluding ortho intramolecular Hbond substituents is 3. The number of aromatic hydroxyl groups is 3. The van der Waals surface area contributed by atoms with E-state index in [1.807, 2.05) is 0 Å². The van der Waals surface area contributed by atoms with Crippen LogP contribution in [0, 0.1) is 0 Å². The minimum atomic E-state index is -1.55. The summed E-state index contributed by atoms with van der Waals surface area (Å²) in [5.74, 6) is -3.32. The fourth-order valence-corrected chi connectivity index (χ4v) is 2.76. The lowest BCUT2D eigenvalue weighted by Gasteiger charge is -2.44. The van der Waals surface area contributed by atoms with Gasteiger partial charge in [0.1, 0.15) is 24.4 Å². The number of ether oxygens (including phenoxy) is 2. The number of esters is 1. The molecule has 0 spiro atoms. The highest BCUT2D eigenvalue weighted by Gasteiger charge is 2.51. The van der Waals surface area contributed by atoms with E-state index in [0.717, 1.165) is 6.07 Å². The number of aliphatic hydroxyl groups excluding tert-OH is 3. The molecule has 22 heavy (non-hydrogen) atoms. The minimum Gasteiger partial charge on any atom is -0.504 e. The van der Waals surface area contributed by atoms with Crippen LogP contribution in [0.3, 0.4) is 0 Å². The zero-order chi connectivity index (χ0) is 16.2. The molecule has 5 atom stereocenters. The summed E-state index contributed by atoms with van der Waals surface area (Å²) in [5, 5.41) is 58.1. The van der Waals surface area contributed by atoms with Crippen molar-refractivity contribution in [3.63, 3.8) is 0 Å². The Hall–Kier alpha value is -2.07. The normalized spacial score (nSPS) is 33.8. The van der Waals surface area contributed by atoms with Gasteiger partial charge in [-0.15, -0.1) is 0 Å². The molecule has 0 radical (unpaired) electrons. The second kappa shape index (κ2) is 4.99. The van der Waals surface area contributed by atoms with Gasteiger partial charge in [-0.1, -0.05) is 0 Å². The second-order valence-corrected chi connectivity index (χ2v) is 5.18. The molecule has 9 nitrogen and oxygen atoms in total. The lowest BCUT2D eigenvalue weighted by atomic mass is 9.86. The van der Waals surface area contributed by atoms with Crippen molar-refractivity contribution in [2.75, 3.05) is 6.61 Å². The fraction of sp³-hybridized carbons (Fsp3) is 0.462. The van der Waals surface area contributed by atoms with Gasteiger partial charge in [0.05, 0.1) is 12.2 Å². The van der Waals surface area contributed by atoms with Crippen molar-refractivity contribution in [2.45, 2.75) is 30.5 Å². The predicted octanol–water partition coefficient (Wildman–Crippen LogP) is -1.50. The summed E-state index contributed by atoms with van der Waals surface area (Å²) < 4.78 is 10.4. The highest BCUT2D eigenvalue weighted by Crippen LogP contribution is 2.49. The molecule has 2 aliphatic heterocycles. The van der Waals surface area contributed by atoms with E-state index >= 15 is 0 Å². The Morgan fingerprint density at radius 2 is 1.77 bits per heavy atom. The van der Waals surface area contributed by atoms with Crippen LogP contribution in [0.1, 0.15) is 22.0 Å². The van der Waals surface area contributed by atoms with Crippen molar-refractivity contribution in [3.05, 3.63) is 17.2 Å². The van der Waals surface area contributed by atoms with Crippen LogP contribution in [0.4, 0.5) is 0 Å². The first-order valence-electron chi connectivity index (χ1n) is 6.48. The first-order chi connectivity index (χ1) is 10.4. The summed E-state index contributed by atoms with van der Waals surface area (Å²) in [6.07, 6.45) is -6.75. The molecule has 0 aromatic heterocycles. The topological polar surface area (TPSA) is 157 Å². The number of fused-ring (bicyclic) bond motifs is 3. The quantitative estimate of drug-likeness (QED) is 0.268. The van der Waals surface area contributed by atoms with Crippen molar-refractivity contribution in [2.24, 2.45) is 0 Å². The number of aliphatic hydroxyl groups is 3. The largest absolute Gasteiger partial charge is 0.504 e. The SMILES string of the molecule is O=C1O[C@H]2[C@@H](O)[C@H](O)[C@@H](CO)O[C@@H]2c2c1cc(O)c(O)c2O. The van der Waals surface area contributed by atoms with Gasteiger partial charge >= 0.3 is 5.97 Å². The lowest BCUT2D eigenvalue weighted by molar-refractivity contribution is -0.235. The van der Waals surface area contributed by atoms with E-state index in [-0.39, 0.29) is 11.1 Å². The van der Waals surface area contributed by atoms with Gasteiger partial charge in [0, 0.05) is 5.56 Å². The van der Waals surface area contributed by atoms with E-state index in [0.29, 0.717) is 0 Å². The monoisotopic (exact) mass is 314 g/mol. The Morgan fingerprint density at radius 3 is 2.41 bits per heavy atom. The molecule has 0 aliphatic carbocycles. The van der Waals surface area contributed by atoms with Gasteiger partial charge in [-0.3, -0.25) is 0 Å². The summed E-state index contributed by atoms with van der Waals surface area (Å²) in [7, 11) is 0. The van der Waals surface area contributed by atoms with E-state index in [9.17, 15) is 35.4 Å². The molecule has 9 heteroatoms. The van der Waals surface area contributed by atoms with Gasteiger partial charge in [-0.05, 0) is 6.07 Å². The van der Waals surface area contributed by atoms with Gasteiger partial charge in [0.25, 0.3) is 0 Å². The van der Waals surface area contributed by atoms with Gasteiger partial charge in [0.2, 0.25) is 5.75 Å². The van der Waals surface area contributed by atoms with Crippen LogP contribution in [-0.2, 0) is 9.47 Å². The fourth-order valence-electron chi connectivity index (χ4n) is 2.76. The average Bonchev–Trinajstić information content (AvgIpc) is 2.49. The van der Waals surface area contributed by atoms with Crippen LogP contribution in [0.2, 0.25) is 0 Å². The lowest BCUT2D eigenvalue weighted by Crippen LogP contribution is -2.58. The van der Waals surface area contributed by atoms with E-state index < -0.39 is 60.3 Å². The Kier molecular flexibility index (Phi) is 3.37. The summed E-state index contributed by atoms with van der Waals surface area (Å²) in [6, 6.07) is 0.900. The Labute approximate surface area is 123 Å². The maximum atomic E-state index is 11.9. The molecule has 1 aromatic rings. The molecule has 0 amide bonds. The molecule has 2 aliphatic rings. The minimum absolute atomic E-state index is 0.180. The molecule has 2 heterocycles. The third-order valence-corrected chi connectivity index (χ3v) is 3.91. The molecule has 1 saturated heterocycles. The van der Waals surface area contributed by atoms with Crippen LogP contribution >= 0.6 is 0 Å². The zero-order valence-electron chi connectivity index (χ0n) is 11.1. The molecule has 0 saturated carbocycles. The highest BCUT2D eigenvalue weighted by atomic mass is 16.6. The average molecular weight is 314 g/mol.